The number of ketones is 1. The number of hydrogen-bond donors (Lipinski definition) is 1. The van der Waals surface area contributed by atoms with E-state index in [1.165, 1.54) is 25.7 Å². The van der Waals surface area contributed by atoms with Gasteiger partial charge in [-0.25, -0.2) is 0 Å². The monoisotopic (exact) mass is 258 g/mol. The molecule has 0 spiro atoms. The Bertz CT molecular complexity index is 533. The zero-order valence-corrected chi connectivity index (χ0v) is 11.1. The Kier molecular flexibility index (Phi) is 3.01. The third-order valence-electron chi connectivity index (χ3n) is 4.15. The molecule has 1 aromatic rings. The highest BCUT2D eigenvalue weighted by atomic mass is 16.2. The van der Waals surface area contributed by atoms with E-state index >= 15 is 0 Å². The van der Waals surface area contributed by atoms with Crippen LogP contribution in [0.3, 0.4) is 0 Å². The van der Waals surface area contributed by atoms with Gasteiger partial charge in [0.25, 0.3) is 11.7 Å². The van der Waals surface area contributed by atoms with Crippen molar-refractivity contribution < 1.29 is 9.59 Å². The van der Waals surface area contributed by atoms with Crippen LogP contribution in [0, 0.1) is 5.92 Å². The molecule has 2 aliphatic rings. The molecule has 1 amide bonds. The van der Waals surface area contributed by atoms with Crippen LogP contribution in [0.15, 0.2) is 18.2 Å². The van der Waals surface area contributed by atoms with Crippen molar-refractivity contribution in [2.75, 3.05) is 23.8 Å². The maximum absolute atomic E-state index is 11.5. The van der Waals surface area contributed by atoms with Gasteiger partial charge in [0.2, 0.25) is 0 Å². The molecule has 3 rings (SSSR count). The number of carbonyl (C=O) groups excluding carboxylic acids is 2. The quantitative estimate of drug-likeness (QED) is 0.847. The summed E-state index contributed by atoms with van der Waals surface area (Å²) < 4.78 is 0. The molecule has 1 fully saturated rings. The van der Waals surface area contributed by atoms with Crippen molar-refractivity contribution in [2.45, 2.75) is 25.7 Å². The fraction of sp³-hybridized carbons (Fsp3) is 0.467. The van der Waals surface area contributed by atoms with Gasteiger partial charge in [0.1, 0.15) is 0 Å². The summed E-state index contributed by atoms with van der Waals surface area (Å²) in [7, 11) is 2.07. The average molecular weight is 258 g/mol. The zero-order valence-electron chi connectivity index (χ0n) is 11.1. The molecule has 19 heavy (non-hydrogen) atoms. The first-order chi connectivity index (χ1) is 9.15. The van der Waals surface area contributed by atoms with Gasteiger partial charge < -0.3 is 10.2 Å². The second-order valence-corrected chi connectivity index (χ2v) is 5.54. The van der Waals surface area contributed by atoms with Crippen LogP contribution >= 0.6 is 0 Å². The topological polar surface area (TPSA) is 49.4 Å². The summed E-state index contributed by atoms with van der Waals surface area (Å²) in [6, 6.07) is 5.56. The van der Waals surface area contributed by atoms with Gasteiger partial charge in [-0.1, -0.05) is 12.8 Å². The smallest absolute Gasteiger partial charge is 0.296 e. The van der Waals surface area contributed by atoms with Gasteiger partial charge in [-0.3, -0.25) is 9.59 Å². The molecule has 0 unspecified atom stereocenters. The molecule has 100 valence electrons. The van der Waals surface area contributed by atoms with Crippen molar-refractivity contribution in [3.63, 3.8) is 0 Å². The highest BCUT2D eigenvalue weighted by Gasteiger charge is 2.28. The highest BCUT2D eigenvalue weighted by molar-refractivity contribution is 6.51. The molecule has 1 aliphatic carbocycles. The molecular weight excluding hydrogens is 240 g/mol. The number of carbonyl (C=O) groups is 2. The number of nitrogens with one attached hydrogen (secondary N) is 1. The van der Waals surface area contributed by atoms with E-state index < -0.39 is 11.7 Å². The lowest BCUT2D eigenvalue weighted by Crippen LogP contribution is -2.23. The summed E-state index contributed by atoms with van der Waals surface area (Å²) in [5.74, 6) is -0.180. The summed E-state index contributed by atoms with van der Waals surface area (Å²) in [6.07, 6.45) is 5.30. The summed E-state index contributed by atoms with van der Waals surface area (Å²) in [4.78, 5) is 25.1. The van der Waals surface area contributed by atoms with Crippen LogP contribution < -0.4 is 10.2 Å². The minimum Gasteiger partial charge on any atom is -0.374 e. The number of rotatable bonds is 3. The van der Waals surface area contributed by atoms with Gasteiger partial charge in [0, 0.05) is 19.3 Å². The first-order valence-electron chi connectivity index (χ1n) is 6.86. The van der Waals surface area contributed by atoms with Crippen LogP contribution in [0.1, 0.15) is 36.0 Å². The molecular formula is C15H18N2O2. The maximum atomic E-state index is 11.5. The summed E-state index contributed by atoms with van der Waals surface area (Å²) in [6.45, 7) is 1.04. The van der Waals surface area contributed by atoms with Gasteiger partial charge in [0.05, 0.1) is 11.3 Å². The van der Waals surface area contributed by atoms with Crippen LogP contribution in [0.2, 0.25) is 0 Å². The van der Waals surface area contributed by atoms with Crippen molar-refractivity contribution in [1.82, 2.24) is 0 Å². The fourth-order valence-electron chi connectivity index (χ4n) is 3.06. The minimum atomic E-state index is -0.523. The van der Waals surface area contributed by atoms with E-state index in [9.17, 15) is 9.59 Å². The Morgan fingerprint density at radius 3 is 2.74 bits per heavy atom. The van der Waals surface area contributed by atoms with Gasteiger partial charge in [0.15, 0.2) is 0 Å². The van der Waals surface area contributed by atoms with Gasteiger partial charge in [-0.05, 0) is 37.0 Å². The average Bonchev–Trinajstić information content (AvgIpc) is 2.99. The number of benzene rings is 1. The SMILES string of the molecule is CN(CC1CCCC1)c1ccc2c(c1)NC(=O)C2=O. The van der Waals surface area contributed by atoms with Gasteiger partial charge in [-0.15, -0.1) is 0 Å². The second kappa shape index (κ2) is 4.68. The highest BCUT2D eigenvalue weighted by Crippen LogP contribution is 2.30. The minimum absolute atomic E-state index is 0.431. The first-order valence-corrected chi connectivity index (χ1v) is 6.86. The number of hydrogen-bond acceptors (Lipinski definition) is 3. The second-order valence-electron chi connectivity index (χ2n) is 5.54. The molecule has 1 saturated carbocycles. The van der Waals surface area contributed by atoms with Crippen molar-refractivity contribution in [1.29, 1.82) is 0 Å². The van der Waals surface area contributed by atoms with Crippen molar-refractivity contribution in [2.24, 2.45) is 5.92 Å². The molecule has 1 aliphatic heterocycles. The molecule has 0 aromatic heterocycles. The number of Topliss-reactive ketones (excluding diaryl/α,β-unsaturated/α-hetero) is 1. The number of nitrogens with zero attached hydrogens (tertiary/aromatic N) is 1. The molecule has 4 nitrogen and oxygen atoms in total. The van der Waals surface area contributed by atoms with Gasteiger partial charge >= 0.3 is 0 Å². The lowest BCUT2D eigenvalue weighted by Gasteiger charge is -2.23. The number of fused-ring (bicyclic) bond motifs is 1. The van der Waals surface area contributed by atoms with Crippen molar-refractivity contribution in [3.05, 3.63) is 23.8 Å². The van der Waals surface area contributed by atoms with E-state index in [-0.39, 0.29) is 0 Å². The Morgan fingerprint density at radius 1 is 1.26 bits per heavy atom. The zero-order chi connectivity index (χ0) is 13.4. The molecule has 0 radical (unpaired) electrons. The van der Waals surface area contributed by atoms with Crippen LogP contribution in [0.25, 0.3) is 0 Å². The molecule has 1 aromatic carbocycles. The third-order valence-corrected chi connectivity index (χ3v) is 4.15. The Hall–Kier alpha value is -1.84. The Balaban J connectivity index is 1.77. The van der Waals surface area contributed by atoms with E-state index in [4.69, 9.17) is 0 Å². The normalized spacial score (nSPS) is 18.6. The van der Waals surface area contributed by atoms with Crippen LogP contribution in [0.5, 0.6) is 0 Å². The van der Waals surface area contributed by atoms with E-state index in [1.807, 2.05) is 12.1 Å². The van der Waals surface area contributed by atoms with Crippen molar-refractivity contribution in [3.8, 4) is 0 Å². The first kappa shape index (κ1) is 12.2. The van der Waals surface area contributed by atoms with E-state index in [0.717, 1.165) is 18.2 Å². The predicted octanol–water partition coefficient (Wildman–Crippen LogP) is 2.45. The summed E-state index contributed by atoms with van der Waals surface area (Å²) in [5, 5.41) is 2.62. The number of anilines is 2. The third kappa shape index (κ3) is 2.23. The van der Waals surface area contributed by atoms with Crippen LogP contribution in [0.4, 0.5) is 11.4 Å². The summed E-state index contributed by atoms with van der Waals surface area (Å²) in [5.41, 5.74) is 2.19. The molecule has 0 saturated heterocycles. The summed E-state index contributed by atoms with van der Waals surface area (Å²) >= 11 is 0. The van der Waals surface area contributed by atoms with E-state index in [0.29, 0.717) is 11.3 Å². The van der Waals surface area contributed by atoms with Crippen LogP contribution in [-0.4, -0.2) is 25.3 Å². The lowest BCUT2D eigenvalue weighted by atomic mass is 10.1. The lowest BCUT2D eigenvalue weighted by molar-refractivity contribution is -0.112. The van der Waals surface area contributed by atoms with Gasteiger partial charge in [-0.2, -0.15) is 0 Å². The van der Waals surface area contributed by atoms with Crippen molar-refractivity contribution >= 4 is 23.1 Å². The van der Waals surface area contributed by atoms with Crippen LogP contribution in [-0.2, 0) is 4.79 Å². The molecule has 4 heteroatoms. The fourth-order valence-corrected chi connectivity index (χ4v) is 3.06. The Morgan fingerprint density at radius 2 is 2.00 bits per heavy atom. The molecule has 1 N–H and O–H groups in total. The molecule has 0 atom stereocenters. The molecule has 1 heterocycles. The number of amides is 1. The predicted molar refractivity (Wildman–Crippen MR) is 74.6 cm³/mol. The van der Waals surface area contributed by atoms with E-state index in [2.05, 4.69) is 17.3 Å². The van der Waals surface area contributed by atoms with E-state index in [1.54, 1.807) is 6.07 Å². The maximum Gasteiger partial charge on any atom is 0.296 e. The Labute approximate surface area is 112 Å². The largest absolute Gasteiger partial charge is 0.374 e. The molecule has 0 bridgehead atoms. The standard InChI is InChI=1S/C15H18N2O2/c1-17(9-10-4-2-3-5-10)11-6-7-12-13(8-11)16-15(19)14(12)18/h6-8,10H,2-5,9H2,1H3,(H,16,18,19).